The second-order valence-corrected chi connectivity index (χ2v) is 7.98. The third kappa shape index (κ3) is 3.56. The molecule has 0 spiro atoms. The molecule has 0 radical (unpaired) electrons. The van der Waals surface area contributed by atoms with Crippen molar-refractivity contribution in [2.75, 3.05) is 5.32 Å². The van der Waals surface area contributed by atoms with E-state index in [1.165, 1.54) is 6.20 Å². The van der Waals surface area contributed by atoms with E-state index in [0.717, 1.165) is 11.1 Å². The molecule has 1 amide bonds. The van der Waals surface area contributed by atoms with Crippen LogP contribution < -0.4 is 5.32 Å². The number of hydrogen-bond donors (Lipinski definition) is 1. The zero-order valence-electron chi connectivity index (χ0n) is 16.9. The van der Waals surface area contributed by atoms with Crippen LogP contribution in [0.5, 0.6) is 0 Å². The van der Waals surface area contributed by atoms with E-state index in [1.807, 2.05) is 32.0 Å². The van der Waals surface area contributed by atoms with Crippen molar-refractivity contribution >= 4 is 17.2 Å². The molecule has 0 unspecified atom stereocenters. The van der Waals surface area contributed by atoms with Crippen LogP contribution in [-0.2, 0) is 0 Å². The van der Waals surface area contributed by atoms with Crippen LogP contribution >= 0.6 is 0 Å². The third-order valence-electron chi connectivity index (χ3n) is 5.53. The SMILES string of the molecule is Cc1ccn2c(C(=O)Nc3cc(-c4nc(C5CC(F)(F)C5)no4)ccc3C)cnc2c1. The highest BCUT2D eigenvalue weighted by Crippen LogP contribution is 2.47. The number of fused-ring (bicyclic) bond motifs is 1. The lowest BCUT2D eigenvalue weighted by atomic mass is 9.81. The van der Waals surface area contributed by atoms with Crippen LogP contribution in [0.4, 0.5) is 14.5 Å². The van der Waals surface area contributed by atoms with Crippen LogP contribution in [0.3, 0.4) is 0 Å². The van der Waals surface area contributed by atoms with Crippen LogP contribution in [0.2, 0.25) is 0 Å². The molecule has 1 aliphatic rings. The minimum Gasteiger partial charge on any atom is -0.334 e. The number of carbonyl (C=O) groups is 1. The zero-order valence-corrected chi connectivity index (χ0v) is 16.9. The number of benzene rings is 1. The van der Waals surface area contributed by atoms with Gasteiger partial charge in [-0.3, -0.25) is 9.20 Å². The monoisotopic (exact) mass is 423 g/mol. The molecular weight excluding hydrogens is 404 g/mol. The van der Waals surface area contributed by atoms with Crippen molar-refractivity contribution in [1.29, 1.82) is 0 Å². The topological polar surface area (TPSA) is 85.3 Å². The quantitative estimate of drug-likeness (QED) is 0.511. The molecule has 1 aromatic carbocycles. The van der Waals surface area contributed by atoms with E-state index in [0.29, 0.717) is 22.6 Å². The number of carbonyl (C=O) groups excluding carboxylic acids is 1. The van der Waals surface area contributed by atoms with Crippen molar-refractivity contribution in [3.05, 3.63) is 65.4 Å². The Morgan fingerprint density at radius 1 is 1.23 bits per heavy atom. The number of amides is 1. The maximum atomic E-state index is 13.1. The molecule has 0 aliphatic heterocycles. The van der Waals surface area contributed by atoms with Gasteiger partial charge in [-0.25, -0.2) is 13.8 Å². The van der Waals surface area contributed by atoms with E-state index in [4.69, 9.17) is 4.52 Å². The summed E-state index contributed by atoms with van der Waals surface area (Å²) < 4.78 is 33.3. The summed E-state index contributed by atoms with van der Waals surface area (Å²) in [5.41, 5.74) is 4.18. The standard InChI is InChI=1S/C22H19F2N5O2/c1-12-5-6-29-17(11-25-18(29)7-12)20(30)26-16-8-14(4-3-13(16)2)21-27-19(28-31-21)15-9-22(23,24)10-15/h3-8,11,15H,9-10H2,1-2H3,(H,26,30). The number of nitrogens with zero attached hydrogens (tertiary/aromatic N) is 4. The van der Waals surface area contributed by atoms with Crippen LogP contribution in [0.15, 0.2) is 47.2 Å². The summed E-state index contributed by atoms with van der Waals surface area (Å²) in [6, 6.07) is 9.14. The minimum atomic E-state index is -2.65. The lowest BCUT2D eigenvalue weighted by molar-refractivity contribution is -0.0888. The molecule has 9 heteroatoms. The molecule has 158 valence electrons. The second kappa shape index (κ2) is 6.97. The summed E-state index contributed by atoms with van der Waals surface area (Å²) in [4.78, 5) is 21.4. The summed E-state index contributed by atoms with van der Waals surface area (Å²) in [6.45, 7) is 3.83. The molecule has 3 aromatic heterocycles. The van der Waals surface area contributed by atoms with Gasteiger partial charge in [0.2, 0.25) is 5.92 Å². The number of imidazole rings is 1. The number of anilines is 1. The first-order chi connectivity index (χ1) is 14.8. The first-order valence-corrected chi connectivity index (χ1v) is 9.87. The molecule has 1 saturated carbocycles. The Balaban J connectivity index is 1.39. The normalized spacial score (nSPS) is 15.7. The van der Waals surface area contributed by atoms with E-state index in [1.54, 1.807) is 22.7 Å². The smallest absolute Gasteiger partial charge is 0.274 e. The summed E-state index contributed by atoms with van der Waals surface area (Å²) >= 11 is 0. The number of halogens is 2. The number of pyridine rings is 1. The molecule has 1 aliphatic carbocycles. The number of aryl methyl sites for hydroxylation is 2. The maximum absolute atomic E-state index is 13.1. The maximum Gasteiger partial charge on any atom is 0.274 e. The Bertz CT molecular complexity index is 1300. The summed E-state index contributed by atoms with van der Waals surface area (Å²) in [5.74, 6) is -2.84. The highest BCUT2D eigenvalue weighted by atomic mass is 19.3. The number of nitrogens with one attached hydrogen (secondary N) is 1. The second-order valence-electron chi connectivity index (χ2n) is 7.98. The Kier molecular flexibility index (Phi) is 4.35. The Labute approximate surface area is 176 Å². The molecule has 1 fully saturated rings. The van der Waals surface area contributed by atoms with E-state index in [-0.39, 0.29) is 30.5 Å². The number of rotatable bonds is 4. The van der Waals surface area contributed by atoms with Gasteiger partial charge in [-0.05, 0) is 49.2 Å². The molecule has 0 saturated heterocycles. The lowest BCUT2D eigenvalue weighted by Crippen LogP contribution is -2.34. The van der Waals surface area contributed by atoms with Crippen molar-refractivity contribution in [1.82, 2.24) is 19.5 Å². The van der Waals surface area contributed by atoms with Gasteiger partial charge < -0.3 is 9.84 Å². The number of alkyl halides is 2. The Morgan fingerprint density at radius 3 is 2.81 bits per heavy atom. The molecule has 5 rings (SSSR count). The predicted octanol–water partition coefficient (Wildman–Crippen LogP) is 4.77. The van der Waals surface area contributed by atoms with Crippen molar-refractivity contribution in [3.8, 4) is 11.5 Å². The van der Waals surface area contributed by atoms with Crippen LogP contribution in [-0.4, -0.2) is 31.4 Å². The third-order valence-corrected chi connectivity index (χ3v) is 5.53. The largest absolute Gasteiger partial charge is 0.334 e. The Morgan fingerprint density at radius 2 is 2.03 bits per heavy atom. The average Bonchev–Trinajstić information content (AvgIpc) is 3.34. The number of aromatic nitrogens is 4. The molecular formula is C22H19F2N5O2. The zero-order chi connectivity index (χ0) is 21.8. The highest BCUT2D eigenvalue weighted by molar-refractivity contribution is 6.04. The van der Waals surface area contributed by atoms with Gasteiger partial charge in [0.1, 0.15) is 11.3 Å². The minimum absolute atomic E-state index is 0.228. The van der Waals surface area contributed by atoms with Crippen molar-refractivity contribution in [3.63, 3.8) is 0 Å². The summed E-state index contributed by atoms with van der Waals surface area (Å²) in [6.07, 6.45) is 2.81. The van der Waals surface area contributed by atoms with Gasteiger partial charge in [0, 0.05) is 36.2 Å². The van der Waals surface area contributed by atoms with Gasteiger partial charge in [-0.2, -0.15) is 4.98 Å². The van der Waals surface area contributed by atoms with Gasteiger partial charge in [0.15, 0.2) is 5.82 Å². The molecule has 0 atom stereocenters. The molecule has 4 aromatic rings. The van der Waals surface area contributed by atoms with Crippen LogP contribution in [0.25, 0.3) is 17.1 Å². The fraction of sp³-hybridized carbons (Fsp3) is 0.273. The fourth-order valence-electron chi connectivity index (χ4n) is 3.69. The molecule has 7 nitrogen and oxygen atoms in total. The van der Waals surface area contributed by atoms with Crippen molar-refractivity contribution in [2.24, 2.45) is 0 Å². The highest BCUT2D eigenvalue weighted by Gasteiger charge is 2.48. The summed E-state index contributed by atoms with van der Waals surface area (Å²) in [7, 11) is 0. The van der Waals surface area contributed by atoms with E-state index in [9.17, 15) is 13.6 Å². The lowest BCUT2D eigenvalue weighted by Gasteiger charge is -2.32. The summed E-state index contributed by atoms with van der Waals surface area (Å²) in [5, 5.41) is 6.76. The first kappa shape index (κ1) is 19.3. The predicted molar refractivity (Wildman–Crippen MR) is 109 cm³/mol. The average molecular weight is 423 g/mol. The van der Waals surface area contributed by atoms with E-state index in [2.05, 4.69) is 20.4 Å². The van der Waals surface area contributed by atoms with Gasteiger partial charge in [0.25, 0.3) is 11.8 Å². The van der Waals surface area contributed by atoms with Gasteiger partial charge in [0.05, 0.1) is 6.20 Å². The molecule has 3 heterocycles. The molecule has 0 bridgehead atoms. The van der Waals surface area contributed by atoms with Crippen LogP contribution in [0, 0.1) is 13.8 Å². The van der Waals surface area contributed by atoms with Gasteiger partial charge in [-0.1, -0.05) is 11.2 Å². The van der Waals surface area contributed by atoms with Crippen LogP contribution in [0.1, 0.15) is 46.2 Å². The molecule has 31 heavy (non-hydrogen) atoms. The Hall–Kier alpha value is -3.62. The van der Waals surface area contributed by atoms with E-state index >= 15 is 0 Å². The van der Waals surface area contributed by atoms with Gasteiger partial charge >= 0.3 is 0 Å². The fourth-order valence-corrected chi connectivity index (χ4v) is 3.69. The van der Waals surface area contributed by atoms with Crippen molar-refractivity contribution in [2.45, 2.75) is 38.5 Å². The number of hydrogen-bond acceptors (Lipinski definition) is 5. The van der Waals surface area contributed by atoms with Gasteiger partial charge in [-0.15, -0.1) is 0 Å². The first-order valence-electron chi connectivity index (χ1n) is 9.87. The van der Waals surface area contributed by atoms with E-state index < -0.39 is 11.8 Å². The molecule has 1 N–H and O–H groups in total. The van der Waals surface area contributed by atoms with Crippen molar-refractivity contribution < 1.29 is 18.1 Å².